The summed E-state index contributed by atoms with van der Waals surface area (Å²) in [6.45, 7) is 6.37. The van der Waals surface area contributed by atoms with Gasteiger partial charge in [-0.05, 0) is 27.2 Å². The van der Waals surface area contributed by atoms with E-state index in [9.17, 15) is 13.2 Å². The molecule has 2 rings (SSSR count). The van der Waals surface area contributed by atoms with Gasteiger partial charge < -0.3 is 10.2 Å². The number of nitrogens with zero attached hydrogens (tertiary/aromatic N) is 1. The van der Waals surface area contributed by atoms with Crippen molar-refractivity contribution in [2.75, 3.05) is 18.1 Å². The third-order valence-electron chi connectivity index (χ3n) is 3.69. The molecule has 2 aliphatic rings. The first kappa shape index (κ1) is 12.8. The first-order valence-corrected chi connectivity index (χ1v) is 7.83. The van der Waals surface area contributed by atoms with Gasteiger partial charge in [0, 0.05) is 18.6 Å². The molecule has 0 aliphatic carbocycles. The van der Waals surface area contributed by atoms with E-state index in [2.05, 4.69) is 5.32 Å². The van der Waals surface area contributed by atoms with E-state index in [0.717, 1.165) is 6.54 Å². The summed E-state index contributed by atoms with van der Waals surface area (Å²) in [5.41, 5.74) is -0.584. The van der Waals surface area contributed by atoms with Crippen molar-refractivity contribution in [3.05, 3.63) is 0 Å². The Labute approximate surface area is 102 Å². The molecule has 98 valence electrons. The molecule has 2 unspecified atom stereocenters. The second kappa shape index (κ2) is 3.95. The van der Waals surface area contributed by atoms with Gasteiger partial charge in [-0.25, -0.2) is 8.42 Å². The van der Waals surface area contributed by atoms with Gasteiger partial charge in [0.1, 0.15) is 0 Å². The zero-order chi connectivity index (χ0) is 12.8. The highest BCUT2D eigenvalue weighted by Gasteiger charge is 2.44. The minimum absolute atomic E-state index is 0.0124. The van der Waals surface area contributed by atoms with Crippen LogP contribution in [0, 0.1) is 0 Å². The van der Waals surface area contributed by atoms with Crippen LogP contribution < -0.4 is 5.32 Å². The van der Waals surface area contributed by atoms with Gasteiger partial charge in [0.05, 0.1) is 17.0 Å². The van der Waals surface area contributed by atoms with Gasteiger partial charge in [-0.1, -0.05) is 0 Å². The molecule has 17 heavy (non-hydrogen) atoms. The zero-order valence-electron chi connectivity index (χ0n) is 10.6. The first-order chi connectivity index (χ1) is 7.73. The zero-order valence-corrected chi connectivity index (χ0v) is 11.4. The fourth-order valence-electron chi connectivity index (χ4n) is 2.62. The number of rotatable bonds is 1. The van der Waals surface area contributed by atoms with E-state index in [1.54, 1.807) is 4.90 Å². The van der Waals surface area contributed by atoms with Crippen molar-refractivity contribution in [1.82, 2.24) is 10.2 Å². The monoisotopic (exact) mass is 260 g/mol. The summed E-state index contributed by atoms with van der Waals surface area (Å²) in [6, 6.07) is -0.0716. The van der Waals surface area contributed by atoms with E-state index in [1.165, 1.54) is 0 Å². The van der Waals surface area contributed by atoms with Gasteiger partial charge in [-0.3, -0.25) is 4.79 Å². The van der Waals surface area contributed by atoms with Crippen LogP contribution in [-0.4, -0.2) is 54.9 Å². The SMILES string of the molecule is CC1CNC(C)(C)C(=O)N1C1CCS(=O)(=O)C1. The third-order valence-corrected chi connectivity index (χ3v) is 5.44. The average Bonchev–Trinajstić information content (AvgIpc) is 2.54. The Morgan fingerprint density at radius 3 is 2.59 bits per heavy atom. The number of amides is 1. The van der Waals surface area contributed by atoms with E-state index in [0.29, 0.717) is 6.42 Å². The molecular formula is C11H20N2O3S. The molecule has 2 saturated heterocycles. The molecule has 2 atom stereocenters. The molecule has 0 aromatic carbocycles. The largest absolute Gasteiger partial charge is 0.333 e. The Bertz CT molecular complexity index is 430. The lowest BCUT2D eigenvalue weighted by Gasteiger charge is -2.45. The van der Waals surface area contributed by atoms with Gasteiger partial charge >= 0.3 is 0 Å². The van der Waals surface area contributed by atoms with Crippen LogP contribution in [0.25, 0.3) is 0 Å². The standard InChI is InChI=1S/C11H20N2O3S/c1-8-6-12-11(2,3)10(14)13(8)9-4-5-17(15,16)7-9/h8-9,12H,4-7H2,1-3H3. The molecule has 6 heteroatoms. The molecule has 0 radical (unpaired) electrons. The second-order valence-corrected chi connectivity index (χ2v) is 7.85. The summed E-state index contributed by atoms with van der Waals surface area (Å²) in [7, 11) is -2.94. The van der Waals surface area contributed by atoms with Crippen LogP contribution in [0.1, 0.15) is 27.2 Å². The van der Waals surface area contributed by atoms with Crippen LogP contribution in [0.3, 0.4) is 0 Å². The summed E-state index contributed by atoms with van der Waals surface area (Å²) >= 11 is 0. The number of piperazine rings is 1. The normalized spacial score (nSPS) is 36.2. The van der Waals surface area contributed by atoms with Crippen LogP contribution in [0.2, 0.25) is 0 Å². The first-order valence-electron chi connectivity index (χ1n) is 6.01. The average molecular weight is 260 g/mol. The topological polar surface area (TPSA) is 66.5 Å². The van der Waals surface area contributed by atoms with E-state index >= 15 is 0 Å². The Balaban J connectivity index is 2.22. The molecule has 2 heterocycles. The van der Waals surface area contributed by atoms with Crippen LogP contribution in [0.4, 0.5) is 0 Å². The molecule has 1 N–H and O–H groups in total. The summed E-state index contributed by atoms with van der Waals surface area (Å²) in [6.07, 6.45) is 0.578. The molecule has 5 nitrogen and oxygen atoms in total. The van der Waals surface area contributed by atoms with Gasteiger partial charge in [0.25, 0.3) is 0 Å². The number of carbonyl (C=O) groups is 1. The lowest BCUT2D eigenvalue weighted by atomic mass is 9.96. The highest BCUT2D eigenvalue weighted by atomic mass is 32.2. The highest BCUT2D eigenvalue weighted by molar-refractivity contribution is 7.91. The second-order valence-electron chi connectivity index (χ2n) is 5.62. The highest BCUT2D eigenvalue weighted by Crippen LogP contribution is 2.25. The van der Waals surface area contributed by atoms with Crippen molar-refractivity contribution in [2.45, 2.75) is 44.8 Å². The van der Waals surface area contributed by atoms with Crippen LogP contribution in [-0.2, 0) is 14.6 Å². The Morgan fingerprint density at radius 1 is 1.41 bits per heavy atom. The molecule has 0 aromatic heterocycles. The summed E-state index contributed by atoms with van der Waals surface area (Å²) < 4.78 is 23.0. The molecule has 1 amide bonds. The molecule has 2 aliphatic heterocycles. The number of sulfone groups is 1. The lowest BCUT2D eigenvalue weighted by molar-refractivity contribution is -0.145. The van der Waals surface area contributed by atoms with Crippen molar-refractivity contribution >= 4 is 15.7 Å². The molecule has 0 saturated carbocycles. The van der Waals surface area contributed by atoms with Crippen molar-refractivity contribution < 1.29 is 13.2 Å². The fraction of sp³-hybridized carbons (Fsp3) is 0.909. The maximum atomic E-state index is 12.3. The minimum Gasteiger partial charge on any atom is -0.333 e. The van der Waals surface area contributed by atoms with E-state index in [1.807, 2.05) is 20.8 Å². The fourth-order valence-corrected chi connectivity index (χ4v) is 4.33. The molecule has 0 bridgehead atoms. The van der Waals surface area contributed by atoms with Crippen molar-refractivity contribution in [3.63, 3.8) is 0 Å². The summed E-state index contributed by atoms with van der Waals surface area (Å²) in [5, 5.41) is 3.19. The lowest BCUT2D eigenvalue weighted by Crippen LogP contribution is -2.67. The Morgan fingerprint density at radius 2 is 2.06 bits per heavy atom. The predicted octanol–water partition coefficient (Wildman–Crippen LogP) is -0.228. The number of hydrogen-bond donors (Lipinski definition) is 1. The predicted molar refractivity (Wildman–Crippen MR) is 65.4 cm³/mol. The van der Waals surface area contributed by atoms with Gasteiger partial charge in [-0.15, -0.1) is 0 Å². The number of carbonyl (C=O) groups excluding carboxylic acids is 1. The quantitative estimate of drug-likeness (QED) is 0.707. The van der Waals surface area contributed by atoms with Crippen molar-refractivity contribution in [3.8, 4) is 0 Å². The van der Waals surface area contributed by atoms with E-state index < -0.39 is 15.4 Å². The van der Waals surface area contributed by atoms with Crippen molar-refractivity contribution in [1.29, 1.82) is 0 Å². The number of hydrogen-bond acceptors (Lipinski definition) is 4. The summed E-state index contributed by atoms with van der Waals surface area (Å²) in [5.74, 6) is 0.347. The minimum atomic E-state index is -2.94. The molecular weight excluding hydrogens is 240 g/mol. The van der Waals surface area contributed by atoms with E-state index in [4.69, 9.17) is 0 Å². The molecule has 0 spiro atoms. The maximum absolute atomic E-state index is 12.3. The van der Waals surface area contributed by atoms with Gasteiger partial charge in [0.2, 0.25) is 5.91 Å². The Kier molecular flexibility index (Phi) is 2.98. The Hall–Kier alpha value is -0.620. The van der Waals surface area contributed by atoms with Gasteiger partial charge in [0.15, 0.2) is 9.84 Å². The van der Waals surface area contributed by atoms with Crippen LogP contribution in [0.5, 0.6) is 0 Å². The van der Waals surface area contributed by atoms with Crippen molar-refractivity contribution in [2.24, 2.45) is 0 Å². The molecule has 2 fully saturated rings. The number of nitrogens with one attached hydrogen (secondary N) is 1. The van der Waals surface area contributed by atoms with Crippen LogP contribution in [0.15, 0.2) is 0 Å². The maximum Gasteiger partial charge on any atom is 0.242 e. The molecule has 0 aromatic rings. The van der Waals surface area contributed by atoms with E-state index in [-0.39, 0.29) is 29.5 Å². The van der Waals surface area contributed by atoms with Crippen LogP contribution >= 0.6 is 0 Å². The summed E-state index contributed by atoms with van der Waals surface area (Å²) in [4.78, 5) is 14.1. The third kappa shape index (κ3) is 2.33. The van der Waals surface area contributed by atoms with Gasteiger partial charge in [-0.2, -0.15) is 0 Å². The smallest absolute Gasteiger partial charge is 0.242 e.